The summed E-state index contributed by atoms with van der Waals surface area (Å²) in [5.41, 5.74) is -0.105. The van der Waals surface area contributed by atoms with Crippen molar-refractivity contribution in [1.82, 2.24) is 9.97 Å². The van der Waals surface area contributed by atoms with Gasteiger partial charge in [-0.3, -0.25) is 10.1 Å². The van der Waals surface area contributed by atoms with Gasteiger partial charge in [-0.05, 0) is 19.3 Å². The first kappa shape index (κ1) is 15.4. The van der Waals surface area contributed by atoms with Crippen LogP contribution in [0.3, 0.4) is 0 Å². The molecule has 2 rings (SSSR count). The summed E-state index contributed by atoms with van der Waals surface area (Å²) in [5, 5.41) is 17.3. The molecule has 0 spiro atoms. The van der Waals surface area contributed by atoms with E-state index in [-0.39, 0.29) is 23.4 Å². The van der Waals surface area contributed by atoms with Crippen LogP contribution in [-0.2, 0) is 4.74 Å². The molecule has 0 radical (unpaired) electrons. The summed E-state index contributed by atoms with van der Waals surface area (Å²) in [6, 6.07) is 0. The normalized spacial score (nSPS) is 17.7. The van der Waals surface area contributed by atoms with E-state index in [1.54, 1.807) is 0 Å². The summed E-state index contributed by atoms with van der Waals surface area (Å²) in [5.74, 6) is 0.503. The number of nitrogens with one attached hydrogen (secondary N) is 2. The van der Waals surface area contributed by atoms with Crippen LogP contribution in [0.25, 0.3) is 0 Å². The van der Waals surface area contributed by atoms with E-state index in [1.165, 1.54) is 6.33 Å². The highest BCUT2D eigenvalue weighted by Gasteiger charge is 2.24. The number of rotatable bonds is 8. The van der Waals surface area contributed by atoms with E-state index in [9.17, 15) is 10.1 Å². The maximum Gasteiger partial charge on any atom is 0.353 e. The zero-order chi connectivity index (χ0) is 15.1. The summed E-state index contributed by atoms with van der Waals surface area (Å²) >= 11 is 0. The maximum atomic E-state index is 11.3. The number of hydrogen-bond acceptors (Lipinski definition) is 7. The van der Waals surface area contributed by atoms with Crippen LogP contribution in [0.2, 0.25) is 0 Å². The van der Waals surface area contributed by atoms with Crippen LogP contribution in [0.15, 0.2) is 6.33 Å². The van der Waals surface area contributed by atoms with E-state index in [0.29, 0.717) is 13.1 Å². The molecular weight excluding hydrogens is 274 g/mol. The topological polar surface area (TPSA) is 102 Å². The minimum atomic E-state index is -0.452. The highest BCUT2D eigenvalue weighted by atomic mass is 16.6. The molecule has 8 heteroatoms. The Morgan fingerprint density at radius 1 is 1.43 bits per heavy atom. The Hall–Kier alpha value is -1.96. The summed E-state index contributed by atoms with van der Waals surface area (Å²) in [6.45, 7) is 3.98. The van der Waals surface area contributed by atoms with Crippen molar-refractivity contribution < 1.29 is 9.66 Å². The van der Waals surface area contributed by atoms with Crippen molar-refractivity contribution in [2.24, 2.45) is 0 Å². The van der Waals surface area contributed by atoms with Gasteiger partial charge in [0, 0.05) is 19.7 Å². The second kappa shape index (κ2) is 7.72. The largest absolute Gasteiger partial charge is 0.376 e. The molecular formula is C13H21N5O3. The Morgan fingerprint density at radius 3 is 2.81 bits per heavy atom. The fraction of sp³-hybridized carbons (Fsp3) is 0.692. The molecule has 0 aromatic carbocycles. The lowest BCUT2D eigenvalue weighted by atomic mass is 10.2. The third kappa shape index (κ3) is 4.25. The van der Waals surface area contributed by atoms with Gasteiger partial charge in [0.15, 0.2) is 0 Å². The first-order valence-electron chi connectivity index (χ1n) is 7.31. The minimum absolute atomic E-state index is 0.0936. The predicted octanol–water partition coefficient (Wildman–Crippen LogP) is 2.19. The standard InChI is InChI=1S/C13H21N5O3/c1-2-3-6-14-12-11(18(19)20)13(17-9-16-12)15-8-10-5-4-7-21-10/h9-10H,2-8H2,1H3,(H2,14,15,16,17). The van der Waals surface area contributed by atoms with E-state index in [0.717, 1.165) is 32.3 Å². The lowest BCUT2D eigenvalue weighted by Crippen LogP contribution is -2.20. The molecule has 116 valence electrons. The molecule has 1 fully saturated rings. The molecule has 0 aliphatic carbocycles. The molecule has 0 saturated carbocycles. The molecule has 1 aliphatic rings. The van der Waals surface area contributed by atoms with Crippen molar-refractivity contribution in [3.8, 4) is 0 Å². The lowest BCUT2D eigenvalue weighted by Gasteiger charge is -2.12. The van der Waals surface area contributed by atoms with Crippen LogP contribution in [0.4, 0.5) is 17.3 Å². The average Bonchev–Trinajstić information content (AvgIpc) is 2.98. The van der Waals surface area contributed by atoms with E-state index in [4.69, 9.17) is 4.74 Å². The number of aromatic nitrogens is 2. The summed E-state index contributed by atoms with van der Waals surface area (Å²) in [6.07, 6.45) is 5.36. The number of nitrogens with zero attached hydrogens (tertiary/aromatic N) is 3. The zero-order valence-corrected chi connectivity index (χ0v) is 12.2. The second-order valence-electron chi connectivity index (χ2n) is 4.97. The van der Waals surface area contributed by atoms with Gasteiger partial charge in [0.1, 0.15) is 6.33 Å². The fourth-order valence-electron chi connectivity index (χ4n) is 2.21. The maximum absolute atomic E-state index is 11.3. The van der Waals surface area contributed by atoms with Crippen LogP contribution in [-0.4, -0.2) is 40.7 Å². The van der Waals surface area contributed by atoms with Gasteiger partial charge < -0.3 is 15.4 Å². The molecule has 1 saturated heterocycles. The first-order valence-corrected chi connectivity index (χ1v) is 7.31. The molecule has 1 aromatic rings. The Morgan fingerprint density at radius 2 is 2.19 bits per heavy atom. The molecule has 2 N–H and O–H groups in total. The van der Waals surface area contributed by atoms with Gasteiger partial charge in [0.05, 0.1) is 11.0 Å². The van der Waals surface area contributed by atoms with Gasteiger partial charge in [-0.1, -0.05) is 13.3 Å². The Labute approximate surface area is 123 Å². The number of unbranched alkanes of at least 4 members (excludes halogenated alkanes) is 1. The molecule has 21 heavy (non-hydrogen) atoms. The highest BCUT2D eigenvalue weighted by molar-refractivity contribution is 5.69. The van der Waals surface area contributed by atoms with Gasteiger partial charge in [0.2, 0.25) is 11.6 Å². The molecule has 1 unspecified atom stereocenters. The number of ether oxygens (including phenoxy) is 1. The van der Waals surface area contributed by atoms with Gasteiger partial charge >= 0.3 is 5.69 Å². The third-order valence-corrected chi connectivity index (χ3v) is 3.35. The highest BCUT2D eigenvalue weighted by Crippen LogP contribution is 2.29. The van der Waals surface area contributed by atoms with Crippen molar-refractivity contribution >= 4 is 17.3 Å². The molecule has 1 atom stereocenters. The van der Waals surface area contributed by atoms with Gasteiger partial charge in [-0.2, -0.15) is 0 Å². The quantitative estimate of drug-likeness (QED) is 0.430. The second-order valence-corrected chi connectivity index (χ2v) is 4.97. The van der Waals surface area contributed by atoms with E-state index in [1.807, 2.05) is 0 Å². The monoisotopic (exact) mass is 295 g/mol. The molecule has 0 amide bonds. The molecule has 2 heterocycles. The van der Waals surface area contributed by atoms with Crippen LogP contribution >= 0.6 is 0 Å². The fourth-order valence-corrected chi connectivity index (χ4v) is 2.21. The van der Waals surface area contributed by atoms with Crippen LogP contribution < -0.4 is 10.6 Å². The van der Waals surface area contributed by atoms with Crippen molar-refractivity contribution in [2.75, 3.05) is 30.3 Å². The van der Waals surface area contributed by atoms with E-state index < -0.39 is 4.92 Å². The van der Waals surface area contributed by atoms with Gasteiger partial charge in [-0.25, -0.2) is 9.97 Å². The van der Waals surface area contributed by atoms with E-state index in [2.05, 4.69) is 27.5 Å². The molecule has 1 aromatic heterocycles. The van der Waals surface area contributed by atoms with Crippen LogP contribution in [0.5, 0.6) is 0 Å². The smallest absolute Gasteiger partial charge is 0.353 e. The zero-order valence-electron chi connectivity index (χ0n) is 12.2. The van der Waals surface area contributed by atoms with E-state index >= 15 is 0 Å². The number of anilines is 2. The Balaban J connectivity index is 2.07. The molecule has 0 bridgehead atoms. The summed E-state index contributed by atoms with van der Waals surface area (Å²) in [4.78, 5) is 18.8. The number of hydrogen-bond donors (Lipinski definition) is 2. The Kier molecular flexibility index (Phi) is 5.68. The van der Waals surface area contributed by atoms with Crippen molar-refractivity contribution in [3.63, 3.8) is 0 Å². The minimum Gasteiger partial charge on any atom is -0.376 e. The number of nitro groups is 1. The Bertz CT molecular complexity index is 477. The van der Waals surface area contributed by atoms with Crippen molar-refractivity contribution in [3.05, 3.63) is 16.4 Å². The average molecular weight is 295 g/mol. The molecule has 8 nitrogen and oxygen atoms in total. The summed E-state index contributed by atoms with van der Waals surface area (Å²) in [7, 11) is 0. The molecule has 1 aliphatic heterocycles. The van der Waals surface area contributed by atoms with Crippen molar-refractivity contribution in [2.45, 2.75) is 38.7 Å². The first-order chi connectivity index (χ1) is 10.2. The van der Waals surface area contributed by atoms with Crippen molar-refractivity contribution in [1.29, 1.82) is 0 Å². The van der Waals surface area contributed by atoms with Gasteiger partial charge in [-0.15, -0.1) is 0 Å². The van der Waals surface area contributed by atoms with Gasteiger partial charge in [0.25, 0.3) is 0 Å². The van der Waals surface area contributed by atoms with Crippen LogP contribution in [0, 0.1) is 10.1 Å². The third-order valence-electron chi connectivity index (χ3n) is 3.35. The van der Waals surface area contributed by atoms with Crippen LogP contribution in [0.1, 0.15) is 32.6 Å². The predicted molar refractivity (Wildman–Crippen MR) is 79.5 cm³/mol. The summed E-state index contributed by atoms with van der Waals surface area (Å²) < 4.78 is 5.49. The SMILES string of the molecule is CCCCNc1ncnc(NCC2CCCO2)c1[N+](=O)[O-]. The lowest BCUT2D eigenvalue weighted by molar-refractivity contribution is -0.383.